The topological polar surface area (TPSA) is 60.7 Å². The average molecular weight is 799 g/mol. The Hall–Kier alpha value is -7.72. The van der Waals surface area contributed by atoms with Gasteiger partial charge in [0.1, 0.15) is 0 Å². The number of aromatic nitrogens is 4. The van der Waals surface area contributed by atoms with Gasteiger partial charge in [0, 0.05) is 37.8 Å². The summed E-state index contributed by atoms with van der Waals surface area (Å²) in [5.41, 5.74) is 10.1. The standard InChI is InChI=1S/C55H35N4OP/c60-61(43-19-8-3-9-20-43)50-23-13-12-22-45(50)46-34-47-49(35-51(46)61)59(48-33-32-40-18-10-11-21-44(40)52(47)48)55-57-53(41-28-24-38(25-29-41)36-14-4-1-5-15-36)56-54(58-55)42-30-26-39(27-31-42)37-16-6-2-7-17-37/h1-35H. The molecule has 1 aliphatic rings. The highest BCUT2D eigenvalue weighted by atomic mass is 31.2. The van der Waals surface area contributed by atoms with Gasteiger partial charge in [-0.05, 0) is 62.4 Å². The first-order chi connectivity index (χ1) is 30.1. The minimum Gasteiger partial charge on any atom is -0.309 e. The summed E-state index contributed by atoms with van der Waals surface area (Å²) in [5.74, 6) is 1.61. The minimum absolute atomic E-state index is 0.486. The van der Waals surface area contributed by atoms with E-state index in [0.717, 1.165) is 93.0 Å². The molecule has 61 heavy (non-hydrogen) atoms. The summed E-state index contributed by atoms with van der Waals surface area (Å²) in [7, 11) is -3.25. The van der Waals surface area contributed by atoms with Gasteiger partial charge in [0.15, 0.2) is 18.8 Å². The number of hydrogen-bond acceptors (Lipinski definition) is 4. The Balaban J connectivity index is 1.13. The molecule has 0 aliphatic carbocycles. The molecule has 0 spiro atoms. The van der Waals surface area contributed by atoms with Crippen LogP contribution in [0.25, 0.3) is 94.7 Å². The van der Waals surface area contributed by atoms with E-state index in [-0.39, 0.29) is 0 Å². The van der Waals surface area contributed by atoms with Crippen LogP contribution in [0.1, 0.15) is 0 Å². The van der Waals surface area contributed by atoms with Gasteiger partial charge >= 0.3 is 0 Å². The molecule has 0 amide bonds. The lowest BCUT2D eigenvalue weighted by Crippen LogP contribution is -2.20. The molecule has 12 rings (SSSR count). The Kier molecular flexibility index (Phi) is 8.06. The Morgan fingerprint density at radius 3 is 1.54 bits per heavy atom. The highest BCUT2D eigenvalue weighted by molar-refractivity contribution is 7.86. The fourth-order valence-electron chi connectivity index (χ4n) is 9.14. The van der Waals surface area contributed by atoms with Gasteiger partial charge in [-0.1, -0.05) is 194 Å². The van der Waals surface area contributed by atoms with Gasteiger partial charge in [-0.3, -0.25) is 4.57 Å². The molecule has 0 N–H and O–H groups in total. The van der Waals surface area contributed by atoms with Crippen molar-refractivity contribution < 1.29 is 4.57 Å². The fraction of sp³-hybridized carbons (Fsp3) is 0. The molecule has 11 aromatic rings. The third kappa shape index (κ3) is 5.63. The van der Waals surface area contributed by atoms with Gasteiger partial charge in [-0.25, -0.2) is 4.98 Å². The highest BCUT2D eigenvalue weighted by Crippen LogP contribution is 2.53. The maximum Gasteiger partial charge on any atom is 0.238 e. The lowest BCUT2D eigenvalue weighted by Gasteiger charge is -2.16. The summed E-state index contributed by atoms with van der Waals surface area (Å²) in [4.78, 5) is 15.8. The second-order valence-corrected chi connectivity index (χ2v) is 18.2. The SMILES string of the molecule is O=P1(c2ccccc2)c2ccccc2-c2cc3c4c5ccccc5ccc4n(-c4nc(-c5ccc(-c6ccccc6)cc5)nc(-c5ccc(-c6ccccc6)cc5)n4)c3cc21. The molecule has 0 bridgehead atoms. The van der Waals surface area contributed by atoms with Crippen molar-refractivity contribution in [2.24, 2.45) is 0 Å². The van der Waals surface area contributed by atoms with Crippen LogP contribution < -0.4 is 15.9 Å². The van der Waals surface area contributed by atoms with Gasteiger partial charge < -0.3 is 4.57 Å². The lowest BCUT2D eigenvalue weighted by molar-refractivity contribution is 0.593. The number of hydrogen-bond donors (Lipinski definition) is 0. The third-order valence-corrected chi connectivity index (χ3v) is 15.2. The van der Waals surface area contributed by atoms with Crippen molar-refractivity contribution >= 4 is 55.6 Å². The van der Waals surface area contributed by atoms with E-state index >= 15 is 4.57 Å². The second-order valence-electron chi connectivity index (χ2n) is 15.5. The molecule has 0 saturated heterocycles. The van der Waals surface area contributed by atoms with Gasteiger partial charge in [0.25, 0.3) is 0 Å². The van der Waals surface area contributed by atoms with E-state index < -0.39 is 7.14 Å². The van der Waals surface area contributed by atoms with E-state index in [9.17, 15) is 0 Å². The van der Waals surface area contributed by atoms with Crippen LogP contribution in [0.2, 0.25) is 0 Å². The van der Waals surface area contributed by atoms with Crippen LogP contribution >= 0.6 is 7.14 Å². The maximum atomic E-state index is 15.9. The van der Waals surface area contributed by atoms with Crippen LogP contribution in [0.15, 0.2) is 212 Å². The highest BCUT2D eigenvalue weighted by Gasteiger charge is 2.41. The Morgan fingerprint density at radius 2 is 0.902 bits per heavy atom. The summed E-state index contributed by atoms with van der Waals surface area (Å²) in [6, 6.07) is 72.9. The largest absolute Gasteiger partial charge is 0.309 e. The third-order valence-electron chi connectivity index (χ3n) is 12.1. The van der Waals surface area contributed by atoms with Gasteiger partial charge in [-0.2, -0.15) is 9.97 Å². The number of fused-ring (bicyclic) bond motifs is 8. The molecule has 1 unspecified atom stereocenters. The molecular formula is C55H35N4OP. The monoisotopic (exact) mass is 798 g/mol. The number of rotatable bonds is 6. The quantitative estimate of drug-likeness (QED) is 0.157. The zero-order valence-electron chi connectivity index (χ0n) is 32.9. The maximum absolute atomic E-state index is 15.9. The van der Waals surface area contributed by atoms with Crippen LogP contribution in [0.3, 0.4) is 0 Å². The van der Waals surface area contributed by atoms with E-state index in [1.807, 2.05) is 60.7 Å². The summed E-state index contributed by atoms with van der Waals surface area (Å²) in [6.45, 7) is 0. The fourth-order valence-corrected chi connectivity index (χ4v) is 12.2. The predicted molar refractivity (Wildman–Crippen MR) is 252 cm³/mol. The molecule has 0 radical (unpaired) electrons. The Morgan fingerprint density at radius 1 is 0.377 bits per heavy atom. The Labute approximate surface area is 352 Å². The first-order valence-corrected chi connectivity index (χ1v) is 22.2. The van der Waals surface area contributed by atoms with Crippen molar-refractivity contribution in [1.29, 1.82) is 0 Å². The Bertz CT molecular complexity index is 3430. The molecule has 286 valence electrons. The average Bonchev–Trinajstić information content (AvgIpc) is 3.81. The van der Waals surface area contributed by atoms with Crippen LogP contribution in [-0.2, 0) is 4.57 Å². The van der Waals surface area contributed by atoms with Crippen LogP contribution in [-0.4, -0.2) is 19.5 Å². The summed E-state index contributed by atoms with van der Waals surface area (Å²) in [5, 5.41) is 6.91. The zero-order chi connectivity index (χ0) is 40.5. The number of nitrogens with zero attached hydrogens (tertiary/aromatic N) is 4. The van der Waals surface area contributed by atoms with Crippen molar-refractivity contribution in [3.05, 3.63) is 212 Å². The molecule has 0 saturated carbocycles. The second kappa shape index (κ2) is 13.9. The van der Waals surface area contributed by atoms with E-state index in [4.69, 9.17) is 15.0 Å². The van der Waals surface area contributed by atoms with E-state index in [1.165, 1.54) is 0 Å². The first kappa shape index (κ1) is 35.2. The summed E-state index contributed by atoms with van der Waals surface area (Å²) >= 11 is 0. The van der Waals surface area contributed by atoms with E-state index in [2.05, 4.69) is 156 Å². The van der Waals surface area contributed by atoms with Crippen LogP contribution in [0.4, 0.5) is 0 Å². The van der Waals surface area contributed by atoms with Crippen LogP contribution in [0.5, 0.6) is 0 Å². The molecule has 1 atom stereocenters. The van der Waals surface area contributed by atoms with Gasteiger partial charge in [-0.15, -0.1) is 0 Å². The summed E-state index contributed by atoms with van der Waals surface area (Å²) < 4.78 is 18.0. The van der Waals surface area contributed by atoms with E-state index in [1.54, 1.807) is 0 Å². The number of benzene rings is 9. The predicted octanol–water partition coefficient (Wildman–Crippen LogP) is 12.4. The minimum atomic E-state index is -3.25. The van der Waals surface area contributed by atoms with Crippen LogP contribution in [0, 0.1) is 0 Å². The summed E-state index contributed by atoms with van der Waals surface area (Å²) in [6.07, 6.45) is 0. The smallest absolute Gasteiger partial charge is 0.238 e. The molecular weight excluding hydrogens is 764 g/mol. The molecule has 2 aromatic heterocycles. The molecule has 1 aliphatic heterocycles. The molecule has 0 fully saturated rings. The van der Waals surface area contributed by atoms with Gasteiger partial charge in [0.05, 0.1) is 11.0 Å². The molecule has 6 heteroatoms. The lowest BCUT2D eigenvalue weighted by atomic mass is 10.0. The first-order valence-electron chi connectivity index (χ1n) is 20.5. The zero-order valence-corrected chi connectivity index (χ0v) is 33.7. The van der Waals surface area contributed by atoms with Gasteiger partial charge in [0.2, 0.25) is 5.95 Å². The van der Waals surface area contributed by atoms with Crippen molar-refractivity contribution in [3.63, 3.8) is 0 Å². The van der Waals surface area contributed by atoms with Crippen molar-refractivity contribution in [1.82, 2.24) is 19.5 Å². The normalized spacial score (nSPS) is 14.4. The van der Waals surface area contributed by atoms with Crippen molar-refractivity contribution in [2.75, 3.05) is 0 Å². The van der Waals surface area contributed by atoms with E-state index in [0.29, 0.717) is 17.6 Å². The molecule has 5 nitrogen and oxygen atoms in total. The van der Waals surface area contributed by atoms with Crippen molar-refractivity contribution in [3.8, 4) is 62.1 Å². The van der Waals surface area contributed by atoms with Crippen molar-refractivity contribution in [2.45, 2.75) is 0 Å². The molecule has 3 heterocycles. The molecule has 9 aromatic carbocycles.